The molecule has 10 N–H and O–H groups in total. The molecule has 0 radical (unpaired) electrons. The van der Waals surface area contributed by atoms with Crippen LogP contribution in [0.5, 0.6) is 5.75 Å². The Morgan fingerprint density at radius 2 is 1.06 bits per heavy atom. The molecule has 0 aliphatic heterocycles. The standard InChI is InChI=1S/C20H22N6O2.C13H15N5O2.C12H16N6.3CH4/c1-20(2)9-12-10-22-19(21)23-15(12)16-14(20)17(25-26(16)3)24-18(27)11-6-5-7-13(8-11)28-4;1-13(2)4-6-5-15-12(14)16-8(6)10-7(13)9(11(19)20)17-18(10)3;1-12(2)4-6-5-15-11(14)16-8(6)9-7(12)10(13)17-18(9)3;;;/h5-8,10H,9H2,1-4H3,(H2,21,22,23)(H,24,25,27);5H,4H2,1-3H3,(H,19,20)(H2,14,15,16);5H,4H2,1-3H3,(H2,13,17)(H2,14,15,16);3*1H4. The van der Waals surface area contributed by atoms with E-state index in [4.69, 9.17) is 27.7 Å². The van der Waals surface area contributed by atoms with Gasteiger partial charge < -0.3 is 38.1 Å². The molecule has 1 aromatic carbocycles. The summed E-state index contributed by atoms with van der Waals surface area (Å²) >= 11 is 0. The minimum Gasteiger partial charge on any atom is -0.497 e. The maximum atomic E-state index is 12.8. The van der Waals surface area contributed by atoms with Crippen LogP contribution in [0.3, 0.4) is 0 Å². The lowest BCUT2D eigenvalue weighted by molar-refractivity contribution is 0.0686. The van der Waals surface area contributed by atoms with Crippen molar-refractivity contribution in [3.8, 4) is 39.9 Å². The van der Waals surface area contributed by atoms with E-state index in [0.29, 0.717) is 46.3 Å². The monoisotopic (exact) mass is 944 g/mol. The first-order valence-corrected chi connectivity index (χ1v) is 21.0. The second-order valence-corrected chi connectivity index (χ2v) is 18.6. The van der Waals surface area contributed by atoms with E-state index in [-0.39, 0.29) is 68.0 Å². The summed E-state index contributed by atoms with van der Waals surface area (Å²) in [7, 11) is 7.00. The van der Waals surface area contributed by atoms with Crippen LogP contribution in [-0.2, 0) is 56.7 Å². The molecule has 0 saturated carbocycles. The molecule has 6 heterocycles. The third-order valence-electron chi connectivity index (χ3n) is 12.2. The molecule has 0 saturated heterocycles. The molecule has 7 aromatic rings. The molecule has 0 atom stereocenters. The summed E-state index contributed by atoms with van der Waals surface area (Å²) < 4.78 is 10.3. The minimum absolute atomic E-state index is 0. The first kappa shape index (κ1) is 52.0. The predicted octanol–water partition coefficient (Wildman–Crippen LogP) is 6.33. The lowest BCUT2D eigenvalue weighted by atomic mass is 9.73. The number of nitrogens with two attached hydrogens (primary N) is 4. The molecule has 0 fully saturated rings. The van der Waals surface area contributed by atoms with Gasteiger partial charge in [-0.3, -0.25) is 18.8 Å². The zero-order valence-corrected chi connectivity index (χ0v) is 38.5. The highest BCUT2D eigenvalue weighted by Gasteiger charge is 2.41. The number of ether oxygens (including phenoxy) is 1. The fraction of sp³-hybridized carbons (Fsp3) is 0.396. The van der Waals surface area contributed by atoms with Gasteiger partial charge in [0.05, 0.1) is 41.3 Å². The molecule has 69 heavy (non-hydrogen) atoms. The molecule has 0 unspecified atom stereocenters. The van der Waals surface area contributed by atoms with E-state index < -0.39 is 5.97 Å². The van der Waals surface area contributed by atoms with Gasteiger partial charge in [0.15, 0.2) is 11.5 Å². The lowest BCUT2D eigenvalue weighted by Gasteiger charge is -2.31. The number of nitrogen functional groups attached to an aromatic ring is 4. The van der Waals surface area contributed by atoms with Gasteiger partial charge in [-0.15, -0.1) is 0 Å². The number of carbonyl (C=O) groups excluding carboxylic acids is 1. The van der Waals surface area contributed by atoms with Crippen molar-refractivity contribution in [2.45, 2.75) is 99.3 Å². The fourth-order valence-electron chi connectivity index (χ4n) is 9.50. The smallest absolute Gasteiger partial charge is 0.356 e. The first-order chi connectivity index (χ1) is 31.0. The molecule has 366 valence electrons. The summed E-state index contributed by atoms with van der Waals surface area (Å²) in [6.45, 7) is 12.5. The number of benzene rings is 1. The zero-order chi connectivity index (χ0) is 47.8. The average molecular weight is 944 g/mol. The van der Waals surface area contributed by atoms with Crippen molar-refractivity contribution in [1.29, 1.82) is 0 Å². The van der Waals surface area contributed by atoms with Crippen LogP contribution in [0.4, 0.5) is 29.5 Å². The molecule has 21 nitrogen and oxygen atoms in total. The summed E-state index contributed by atoms with van der Waals surface area (Å²) in [5.41, 5.74) is 33.6. The van der Waals surface area contributed by atoms with E-state index in [2.05, 4.69) is 78.2 Å². The Morgan fingerprint density at radius 3 is 1.54 bits per heavy atom. The van der Waals surface area contributed by atoms with Crippen molar-refractivity contribution < 1.29 is 19.4 Å². The molecule has 0 spiro atoms. The van der Waals surface area contributed by atoms with Crippen LogP contribution >= 0.6 is 0 Å². The SMILES string of the molecule is C.C.C.COc1cccc(C(=O)Nc2nn(C)c3c2C(C)(C)Cc2cnc(N)nc2-3)c1.Cn1nc(C(=O)O)c2c1-c1nc(N)ncc1CC2(C)C.Cn1nc(N)c2c1-c1nc(N)ncc1CC2(C)C. The number of hydrogen-bond acceptors (Lipinski definition) is 16. The highest BCUT2D eigenvalue weighted by atomic mass is 16.5. The second-order valence-electron chi connectivity index (χ2n) is 18.6. The number of aromatic carboxylic acids is 1. The molecule has 21 heteroatoms. The number of carboxylic acid groups (broad SMARTS) is 1. The van der Waals surface area contributed by atoms with Gasteiger partial charge in [-0.05, 0) is 70.4 Å². The summed E-state index contributed by atoms with van der Waals surface area (Å²) in [5.74, 6) is 1.11. The Balaban J connectivity index is 0.000000194. The molecule has 3 aliphatic rings. The largest absolute Gasteiger partial charge is 0.497 e. The van der Waals surface area contributed by atoms with Crippen molar-refractivity contribution in [1.82, 2.24) is 59.2 Å². The van der Waals surface area contributed by atoms with Crippen LogP contribution in [0.1, 0.15) is 118 Å². The number of amides is 1. The number of aromatic nitrogens is 12. The number of aryl methyl sites for hydroxylation is 3. The Morgan fingerprint density at radius 1 is 0.638 bits per heavy atom. The molecule has 0 bridgehead atoms. The third kappa shape index (κ3) is 9.23. The number of rotatable bonds is 4. The number of carboxylic acids is 1. The molecule has 10 rings (SSSR count). The van der Waals surface area contributed by atoms with Gasteiger partial charge in [0.2, 0.25) is 17.8 Å². The van der Waals surface area contributed by atoms with E-state index in [1.54, 1.807) is 71.1 Å². The van der Waals surface area contributed by atoms with Crippen LogP contribution in [0.25, 0.3) is 34.2 Å². The van der Waals surface area contributed by atoms with E-state index >= 15 is 0 Å². The Labute approximate surface area is 402 Å². The highest BCUT2D eigenvalue weighted by molar-refractivity contribution is 6.05. The summed E-state index contributed by atoms with van der Waals surface area (Å²) in [5, 5.41) is 25.3. The van der Waals surface area contributed by atoms with Crippen LogP contribution in [0.15, 0.2) is 42.9 Å². The maximum Gasteiger partial charge on any atom is 0.356 e. The van der Waals surface area contributed by atoms with Crippen molar-refractivity contribution in [3.63, 3.8) is 0 Å². The number of methoxy groups -OCH3 is 1. The number of hydrogen-bond donors (Lipinski definition) is 6. The van der Waals surface area contributed by atoms with Crippen molar-refractivity contribution in [3.05, 3.63) is 87.5 Å². The van der Waals surface area contributed by atoms with Gasteiger partial charge in [0.1, 0.15) is 11.6 Å². The summed E-state index contributed by atoms with van der Waals surface area (Å²) in [6.07, 6.45) is 7.49. The zero-order valence-electron chi connectivity index (χ0n) is 38.5. The van der Waals surface area contributed by atoms with Crippen LogP contribution in [0.2, 0.25) is 0 Å². The summed E-state index contributed by atoms with van der Waals surface area (Å²) in [6, 6.07) is 7.01. The quantitative estimate of drug-likeness (QED) is 0.112. The number of nitrogens with one attached hydrogen (secondary N) is 1. The van der Waals surface area contributed by atoms with Gasteiger partial charge >= 0.3 is 5.97 Å². The second kappa shape index (κ2) is 18.6. The van der Waals surface area contributed by atoms with Gasteiger partial charge in [0, 0.05) is 62.0 Å². The Hall–Kier alpha value is -7.97. The number of nitrogens with zero attached hydrogens (tertiary/aromatic N) is 12. The van der Waals surface area contributed by atoms with Crippen LogP contribution < -0.4 is 33.0 Å². The first-order valence-electron chi connectivity index (χ1n) is 21.0. The molecular weight excluding hydrogens is 879 g/mol. The molecular formula is C48H65N17O4. The van der Waals surface area contributed by atoms with Crippen molar-refractivity contribution in [2.75, 3.05) is 35.4 Å². The normalized spacial score (nSPS) is 14.5. The fourth-order valence-corrected chi connectivity index (χ4v) is 9.50. The van der Waals surface area contributed by atoms with Crippen LogP contribution in [-0.4, -0.2) is 83.3 Å². The molecule has 3 aliphatic carbocycles. The van der Waals surface area contributed by atoms with Crippen molar-refractivity contribution >= 4 is 41.4 Å². The average Bonchev–Trinajstić information content (AvgIpc) is 3.89. The van der Waals surface area contributed by atoms with E-state index in [1.165, 1.54) is 0 Å². The Bertz CT molecular complexity index is 3110. The summed E-state index contributed by atoms with van der Waals surface area (Å²) in [4.78, 5) is 49.5. The number of carbonyl (C=O) groups is 2. The van der Waals surface area contributed by atoms with Crippen LogP contribution in [0, 0.1) is 0 Å². The Kier molecular flexibility index (Phi) is 14.0. The number of fused-ring (bicyclic) bond motifs is 9. The van der Waals surface area contributed by atoms with E-state index in [1.807, 2.05) is 27.9 Å². The van der Waals surface area contributed by atoms with E-state index in [0.717, 1.165) is 63.4 Å². The number of anilines is 5. The topological polar surface area (TPSA) is 311 Å². The molecule has 6 aromatic heterocycles. The van der Waals surface area contributed by atoms with E-state index in [9.17, 15) is 14.7 Å². The van der Waals surface area contributed by atoms with Gasteiger partial charge in [-0.1, -0.05) is 69.9 Å². The minimum atomic E-state index is -1.03. The highest BCUT2D eigenvalue weighted by Crippen LogP contribution is 2.47. The third-order valence-corrected chi connectivity index (χ3v) is 12.2. The maximum absolute atomic E-state index is 12.8. The van der Waals surface area contributed by atoms with Gasteiger partial charge in [-0.25, -0.2) is 34.7 Å². The predicted molar refractivity (Wildman–Crippen MR) is 269 cm³/mol. The lowest BCUT2D eigenvalue weighted by Crippen LogP contribution is -2.28. The van der Waals surface area contributed by atoms with Crippen molar-refractivity contribution in [2.24, 2.45) is 21.1 Å². The molecule has 1 amide bonds. The van der Waals surface area contributed by atoms with Gasteiger partial charge in [0.25, 0.3) is 5.91 Å². The van der Waals surface area contributed by atoms with Gasteiger partial charge in [-0.2, -0.15) is 15.3 Å².